The van der Waals surface area contributed by atoms with Crippen molar-refractivity contribution < 1.29 is 8.91 Å². The van der Waals surface area contributed by atoms with Crippen molar-refractivity contribution in [3.63, 3.8) is 0 Å². The van der Waals surface area contributed by atoms with Gasteiger partial charge in [0.05, 0.1) is 6.54 Å². The summed E-state index contributed by atoms with van der Waals surface area (Å²) in [6, 6.07) is 6.75. The molecule has 0 amide bonds. The van der Waals surface area contributed by atoms with Gasteiger partial charge in [-0.1, -0.05) is 5.16 Å². The second kappa shape index (κ2) is 6.28. The van der Waals surface area contributed by atoms with Crippen LogP contribution in [0.1, 0.15) is 36.9 Å². The summed E-state index contributed by atoms with van der Waals surface area (Å²) in [6.07, 6.45) is 3.45. The lowest BCUT2D eigenvalue weighted by Gasteiger charge is -2.23. The number of hydrogen-bond acceptors (Lipinski definition) is 5. The molecule has 2 heterocycles. The van der Waals surface area contributed by atoms with E-state index in [1.54, 1.807) is 0 Å². The number of nitrogens with zero attached hydrogens (tertiary/aromatic N) is 4. The Balaban J connectivity index is 1.35. The van der Waals surface area contributed by atoms with Crippen LogP contribution in [0.2, 0.25) is 0 Å². The summed E-state index contributed by atoms with van der Waals surface area (Å²) in [6.45, 7) is 4.59. The quantitative estimate of drug-likeness (QED) is 0.868. The summed E-state index contributed by atoms with van der Waals surface area (Å²) in [5.41, 5.74) is 1.09. The largest absolute Gasteiger partial charge is 0.370 e. The third kappa shape index (κ3) is 3.52. The van der Waals surface area contributed by atoms with Crippen molar-refractivity contribution in [2.24, 2.45) is 0 Å². The van der Waals surface area contributed by atoms with Crippen LogP contribution in [0.5, 0.6) is 0 Å². The Morgan fingerprint density at radius 2 is 1.91 bits per heavy atom. The van der Waals surface area contributed by atoms with Crippen LogP contribution in [0.4, 0.5) is 10.1 Å². The zero-order valence-electron chi connectivity index (χ0n) is 13.1. The molecule has 2 fully saturated rings. The molecule has 122 valence electrons. The van der Waals surface area contributed by atoms with E-state index in [0.717, 1.165) is 56.5 Å². The summed E-state index contributed by atoms with van der Waals surface area (Å²) >= 11 is 0. The van der Waals surface area contributed by atoms with Crippen LogP contribution in [0.25, 0.3) is 0 Å². The van der Waals surface area contributed by atoms with Gasteiger partial charge in [-0.2, -0.15) is 4.98 Å². The van der Waals surface area contributed by atoms with Crippen molar-refractivity contribution in [2.75, 3.05) is 31.1 Å². The average molecular weight is 316 g/mol. The van der Waals surface area contributed by atoms with E-state index in [1.807, 2.05) is 12.1 Å². The minimum atomic E-state index is -0.187. The Labute approximate surface area is 135 Å². The topological polar surface area (TPSA) is 45.4 Å². The van der Waals surface area contributed by atoms with E-state index in [2.05, 4.69) is 19.9 Å². The van der Waals surface area contributed by atoms with Crippen molar-refractivity contribution in [2.45, 2.75) is 31.7 Å². The molecule has 2 aliphatic rings. The van der Waals surface area contributed by atoms with E-state index < -0.39 is 0 Å². The molecule has 5 nitrogen and oxygen atoms in total. The number of anilines is 1. The maximum atomic E-state index is 13.1. The molecule has 0 spiro atoms. The summed E-state index contributed by atoms with van der Waals surface area (Å²) in [5, 5.41) is 4.08. The van der Waals surface area contributed by atoms with Crippen LogP contribution >= 0.6 is 0 Å². The Bertz CT molecular complexity index is 653. The molecule has 23 heavy (non-hydrogen) atoms. The lowest BCUT2D eigenvalue weighted by molar-refractivity contribution is 0.239. The molecule has 0 N–H and O–H groups in total. The number of aromatic nitrogens is 2. The van der Waals surface area contributed by atoms with Gasteiger partial charge in [-0.25, -0.2) is 4.39 Å². The molecule has 0 radical (unpaired) electrons. The highest BCUT2D eigenvalue weighted by Gasteiger charge is 2.29. The average Bonchev–Trinajstić information content (AvgIpc) is 3.34. The minimum absolute atomic E-state index is 0.187. The summed E-state index contributed by atoms with van der Waals surface area (Å²) in [5.74, 6) is 1.95. The van der Waals surface area contributed by atoms with Crippen molar-refractivity contribution >= 4 is 5.69 Å². The third-order valence-corrected chi connectivity index (χ3v) is 4.57. The highest BCUT2D eigenvalue weighted by molar-refractivity contribution is 5.46. The molecule has 0 unspecified atom stereocenters. The molecule has 1 saturated heterocycles. The lowest BCUT2D eigenvalue weighted by Crippen LogP contribution is -2.30. The fourth-order valence-corrected chi connectivity index (χ4v) is 3.07. The molecule has 1 aliphatic carbocycles. The first-order valence-electron chi connectivity index (χ1n) is 8.33. The van der Waals surface area contributed by atoms with E-state index in [1.165, 1.54) is 25.0 Å². The third-order valence-electron chi connectivity index (χ3n) is 4.57. The highest BCUT2D eigenvalue weighted by Crippen LogP contribution is 2.38. The number of rotatable bonds is 4. The first-order valence-corrected chi connectivity index (χ1v) is 8.33. The molecule has 4 rings (SSSR count). The molecule has 6 heteroatoms. The summed E-state index contributed by atoms with van der Waals surface area (Å²) < 4.78 is 18.4. The molecule has 2 aromatic rings. The minimum Gasteiger partial charge on any atom is -0.370 e. The van der Waals surface area contributed by atoms with Gasteiger partial charge >= 0.3 is 0 Å². The van der Waals surface area contributed by atoms with Crippen molar-refractivity contribution in [3.8, 4) is 0 Å². The zero-order chi connectivity index (χ0) is 15.6. The van der Waals surface area contributed by atoms with E-state index in [9.17, 15) is 4.39 Å². The monoisotopic (exact) mass is 316 g/mol. The fourth-order valence-electron chi connectivity index (χ4n) is 3.07. The molecule has 0 bridgehead atoms. The van der Waals surface area contributed by atoms with Crippen LogP contribution in [0.15, 0.2) is 28.8 Å². The number of halogens is 1. The smallest absolute Gasteiger partial charge is 0.240 e. The summed E-state index contributed by atoms with van der Waals surface area (Å²) in [4.78, 5) is 9.17. The van der Waals surface area contributed by atoms with Crippen LogP contribution in [-0.2, 0) is 6.54 Å². The number of benzene rings is 1. The van der Waals surface area contributed by atoms with Gasteiger partial charge in [-0.15, -0.1) is 0 Å². The maximum Gasteiger partial charge on any atom is 0.240 e. The van der Waals surface area contributed by atoms with Crippen LogP contribution < -0.4 is 4.90 Å². The molecular formula is C17H21FN4O. The summed E-state index contributed by atoms with van der Waals surface area (Å²) in [7, 11) is 0. The molecule has 0 atom stereocenters. The van der Waals surface area contributed by atoms with Gasteiger partial charge < -0.3 is 9.42 Å². The van der Waals surface area contributed by atoms with E-state index >= 15 is 0 Å². The normalized spacial score (nSPS) is 19.8. The number of hydrogen-bond donors (Lipinski definition) is 0. The molecule has 1 saturated carbocycles. The van der Waals surface area contributed by atoms with Crippen molar-refractivity contribution in [1.82, 2.24) is 15.0 Å². The SMILES string of the molecule is Fc1ccc(N2CCCN(Cc3nc(C4CC4)no3)CC2)cc1. The maximum absolute atomic E-state index is 13.1. The Kier molecular flexibility index (Phi) is 3.99. The van der Waals surface area contributed by atoms with Crippen LogP contribution in [0, 0.1) is 5.82 Å². The second-order valence-electron chi connectivity index (χ2n) is 6.41. The predicted octanol–water partition coefficient (Wildman–Crippen LogP) is 2.80. The first kappa shape index (κ1) is 14.6. The predicted molar refractivity (Wildman–Crippen MR) is 84.8 cm³/mol. The Hall–Kier alpha value is -1.95. The van der Waals surface area contributed by atoms with Crippen LogP contribution in [0.3, 0.4) is 0 Å². The van der Waals surface area contributed by atoms with Gasteiger partial charge in [0, 0.05) is 37.8 Å². The zero-order valence-corrected chi connectivity index (χ0v) is 13.1. The van der Waals surface area contributed by atoms with E-state index in [4.69, 9.17) is 4.52 Å². The first-order chi connectivity index (χ1) is 11.3. The van der Waals surface area contributed by atoms with Crippen molar-refractivity contribution in [1.29, 1.82) is 0 Å². The molecule has 1 aliphatic heterocycles. The highest BCUT2D eigenvalue weighted by atomic mass is 19.1. The van der Waals surface area contributed by atoms with Gasteiger partial charge in [0.15, 0.2) is 5.82 Å². The molecule has 1 aromatic heterocycles. The van der Waals surface area contributed by atoms with Gasteiger partial charge in [0.2, 0.25) is 5.89 Å². The van der Waals surface area contributed by atoms with E-state index in [0.29, 0.717) is 5.92 Å². The van der Waals surface area contributed by atoms with E-state index in [-0.39, 0.29) is 5.82 Å². The second-order valence-corrected chi connectivity index (χ2v) is 6.41. The van der Waals surface area contributed by atoms with Crippen LogP contribution in [-0.4, -0.2) is 41.2 Å². The van der Waals surface area contributed by atoms with Gasteiger partial charge in [0.1, 0.15) is 5.82 Å². The lowest BCUT2D eigenvalue weighted by atomic mass is 10.2. The molecule has 1 aromatic carbocycles. The Morgan fingerprint density at radius 1 is 1.09 bits per heavy atom. The fraction of sp³-hybridized carbons (Fsp3) is 0.529. The Morgan fingerprint density at radius 3 is 2.70 bits per heavy atom. The van der Waals surface area contributed by atoms with Crippen molar-refractivity contribution in [3.05, 3.63) is 41.8 Å². The molecular weight excluding hydrogens is 295 g/mol. The van der Waals surface area contributed by atoms with Gasteiger partial charge in [0.25, 0.3) is 0 Å². The van der Waals surface area contributed by atoms with Gasteiger partial charge in [-0.05, 0) is 43.5 Å². The van der Waals surface area contributed by atoms with Gasteiger partial charge in [-0.3, -0.25) is 4.90 Å². The standard InChI is InChI=1S/C17H21FN4O/c18-14-4-6-15(7-5-14)22-9-1-8-21(10-11-22)12-16-19-17(20-23-16)13-2-3-13/h4-7,13H,1-3,8-12H2.